The van der Waals surface area contributed by atoms with Gasteiger partial charge in [0, 0.05) is 28.6 Å². The summed E-state index contributed by atoms with van der Waals surface area (Å²) in [5.41, 5.74) is 7.64. The van der Waals surface area contributed by atoms with E-state index in [9.17, 15) is 4.79 Å². The predicted octanol–water partition coefficient (Wildman–Crippen LogP) is 3.48. The molecule has 0 aliphatic rings. The summed E-state index contributed by atoms with van der Waals surface area (Å²) < 4.78 is 0.847. The predicted molar refractivity (Wildman–Crippen MR) is 84.8 cm³/mol. The van der Waals surface area contributed by atoms with Gasteiger partial charge in [-0.3, -0.25) is 4.79 Å². The maximum Gasteiger partial charge on any atom is 0.276 e. The quantitative estimate of drug-likeness (QED) is 0.871. The van der Waals surface area contributed by atoms with Gasteiger partial charge >= 0.3 is 0 Å². The molecule has 1 amide bonds. The maximum absolute atomic E-state index is 12.6. The number of carbonyl (C=O) groups is 1. The molecule has 0 atom stereocenters. The van der Waals surface area contributed by atoms with Crippen LogP contribution < -0.4 is 10.6 Å². The first kappa shape index (κ1) is 14.5. The molecule has 0 aliphatic heterocycles. The topological polar surface area (TPSA) is 59.2 Å². The first-order valence-electron chi connectivity index (χ1n) is 6.40. The molecule has 0 aliphatic carbocycles. The van der Waals surface area contributed by atoms with Crippen LogP contribution in [0.5, 0.6) is 0 Å². The highest BCUT2D eigenvalue weighted by Gasteiger charge is 2.18. The molecule has 5 heteroatoms. The summed E-state index contributed by atoms with van der Waals surface area (Å²) in [6.07, 6.45) is 2.48. The highest BCUT2D eigenvalue weighted by atomic mass is 79.9. The summed E-state index contributed by atoms with van der Waals surface area (Å²) in [4.78, 5) is 18.4. The van der Waals surface area contributed by atoms with Crippen LogP contribution in [0.2, 0.25) is 0 Å². The Hall–Kier alpha value is -1.88. The van der Waals surface area contributed by atoms with Gasteiger partial charge in [-0.2, -0.15) is 0 Å². The van der Waals surface area contributed by atoms with Gasteiger partial charge in [-0.15, -0.1) is 0 Å². The molecule has 0 fully saturated rings. The van der Waals surface area contributed by atoms with Crippen molar-refractivity contribution in [3.63, 3.8) is 0 Å². The van der Waals surface area contributed by atoms with Gasteiger partial charge in [0.05, 0.1) is 0 Å². The number of carbonyl (C=O) groups excluding carboxylic acids is 1. The van der Waals surface area contributed by atoms with E-state index in [0.717, 1.165) is 16.6 Å². The number of rotatable bonds is 4. The van der Waals surface area contributed by atoms with Crippen molar-refractivity contribution in [1.82, 2.24) is 4.98 Å². The Kier molecular flexibility index (Phi) is 4.74. The smallest absolute Gasteiger partial charge is 0.276 e. The first-order chi connectivity index (χ1) is 9.61. The summed E-state index contributed by atoms with van der Waals surface area (Å²) in [7, 11) is 0. The molecule has 4 nitrogen and oxygen atoms in total. The van der Waals surface area contributed by atoms with E-state index >= 15 is 0 Å². The minimum absolute atomic E-state index is 0.120. The Balaban J connectivity index is 2.33. The van der Waals surface area contributed by atoms with E-state index < -0.39 is 0 Å². The molecular formula is C15H16BrN3O. The van der Waals surface area contributed by atoms with Crippen LogP contribution in [0.25, 0.3) is 0 Å². The largest absolute Gasteiger partial charge is 0.399 e. The van der Waals surface area contributed by atoms with E-state index in [1.807, 2.05) is 25.1 Å². The van der Waals surface area contributed by atoms with Gasteiger partial charge in [0.2, 0.25) is 0 Å². The number of anilines is 2. The molecule has 0 bridgehead atoms. The van der Waals surface area contributed by atoms with Crippen molar-refractivity contribution in [3.8, 4) is 0 Å². The fourth-order valence-corrected chi connectivity index (χ4v) is 2.14. The second kappa shape index (κ2) is 6.52. The summed E-state index contributed by atoms with van der Waals surface area (Å²) >= 11 is 3.31. The van der Waals surface area contributed by atoms with Crippen LogP contribution >= 0.6 is 15.9 Å². The van der Waals surface area contributed by atoms with Crippen LogP contribution in [0.4, 0.5) is 11.4 Å². The summed E-state index contributed by atoms with van der Waals surface area (Å²) in [6, 6.07) is 10.8. The van der Waals surface area contributed by atoms with Crippen molar-refractivity contribution in [2.45, 2.75) is 13.3 Å². The van der Waals surface area contributed by atoms with E-state index in [1.54, 1.807) is 29.3 Å². The summed E-state index contributed by atoms with van der Waals surface area (Å²) in [5.74, 6) is -0.120. The molecule has 1 aromatic heterocycles. The number of nitrogens with zero attached hydrogens (tertiary/aromatic N) is 2. The van der Waals surface area contributed by atoms with Crippen molar-refractivity contribution in [2.75, 3.05) is 17.2 Å². The number of hydrogen-bond acceptors (Lipinski definition) is 3. The van der Waals surface area contributed by atoms with Gasteiger partial charge in [-0.05, 0) is 52.7 Å². The molecule has 2 aromatic rings. The highest BCUT2D eigenvalue weighted by Crippen LogP contribution is 2.20. The van der Waals surface area contributed by atoms with E-state index in [4.69, 9.17) is 5.73 Å². The molecule has 1 aromatic carbocycles. The Labute approximate surface area is 126 Å². The Morgan fingerprint density at radius 3 is 2.75 bits per heavy atom. The average molecular weight is 334 g/mol. The van der Waals surface area contributed by atoms with Crippen LogP contribution in [0.15, 0.2) is 47.1 Å². The third-order valence-electron chi connectivity index (χ3n) is 2.82. The zero-order valence-electron chi connectivity index (χ0n) is 11.2. The van der Waals surface area contributed by atoms with Gasteiger partial charge in [-0.1, -0.05) is 13.0 Å². The van der Waals surface area contributed by atoms with E-state index in [0.29, 0.717) is 17.9 Å². The van der Waals surface area contributed by atoms with E-state index in [-0.39, 0.29) is 5.91 Å². The molecule has 2 N–H and O–H groups in total. The normalized spacial score (nSPS) is 10.3. The van der Waals surface area contributed by atoms with Crippen LogP contribution in [0.1, 0.15) is 23.8 Å². The first-order valence-corrected chi connectivity index (χ1v) is 7.20. The lowest BCUT2D eigenvalue weighted by Crippen LogP contribution is -2.32. The van der Waals surface area contributed by atoms with Gasteiger partial charge in [0.25, 0.3) is 5.91 Å². The molecule has 0 unspecified atom stereocenters. The minimum atomic E-state index is -0.120. The molecule has 0 saturated carbocycles. The highest BCUT2D eigenvalue weighted by molar-refractivity contribution is 9.10. The fraction of sp³-hybridized carbons (Fsp3) is 0.200. The standard InChI is InChI=1S/C15H16BrN3O/c1-2-8-19(13-5-3-4-12(17)9-13)15(20)14-7-6-11(16)10-18-14/h3-7,9-10H,2,8,17H2,1H3. The molecule has 0 spiro atoms. The van der Waals surface area contributed by atoms with Gasteiger partial charge < -0.3 is 10.6 Å². The average Bonchev–Trinajstić information content (AvgIpc) is 2.45. The number of halogens is 1. The van der Waals surface area contributed by atoms with Crippen molar-refractivity contribution in [1.29, 1.82) is 0 Å². The maximum atomic E-state index is 12.6. The monoisotopic (exact) mass is 333 g/mol. The van der Waals surface area contributed by atoms with Crippen molar-refractivity contribution >= 4 is 33.2 Å². The molecular weight excluding hydrogens is 318 g/mol. The van der Waals surface area contributed by atoms with Gasteiger partial charge in [0.1, 0.15) is 5.69 Å². The number of nitrogen functional groups attached to an aromatic ring is 1. The third-order valence-corrected chi connectivity index (χ3v) is 3.29. The zero-order valence-corrected chi connectivity index (χ0v) is 12.8. The third kappa shape index (κ3) is 3.36. The lowest BCUT2D eigenvalue weighted by Gasteiger charge is -2.22. The van der Waals surface area contributed by atoms with Crippen molar-refractivity contribution in [2.24, 2.45) is 0 Å². The molecule has 104 valence electrons. The lowest BCUT2D eigenvalue weighted by atomic mass is 10.2. The van der Waals surface area contributed by atoms with Crippen LogP contribution in [-0.2, 0) is 0 Å². The molecule has 0 saturated heterocycles. The minimum Gasteiger partial charge on any atom is -0.399 e. The number of aromatic nitrogens is 1. The SMILES string of the molecule is CCCN(C(=O)c1ccc(Br)cn1)c1cccc(N)c1. The second-order valence-corrected chi connectivity index (χ2v) is 5.33. The Morgan fingerprint density at radius 1 is 1.35 bits per heavy atom. The van der Waals surface area contributed by atoms with Crippen LogP contribution in [-0.4, -0.2) is 17.4 Å². The number of pyridine rings is 1. The van der Waals surface area contributed by atoms with E-state index in [1.165, 1.54) is 0 Å². The number of benzene rings is 1. The molecule has 1 heterocycles. The van der Waals surface area contributed by atoms with Gasteiger partial charge in [-0.25, -0.2) is 4.98 Å². The number of nitrogens with two attached hydrogens (primary N) is 1. The number of amides is 1. The zero-order chi connectivity index (χ0) is 14.5. The van der Waals surface area contributed by atoms with Crippen molar-refractivity contribution < 1.29 is 4.79 Å². The fourth-order valence-electron chi connectivity index (χ4n) is 1.90. The second-order valence-electron chi connectivity index (χ2n) is 4.41. The molecule has 2 rings (SSSR count). The summed E-state index contributed by atoms with van der Waals surface area (Å²) in [6.45, 7) is 2.65. The van der Waals surface area contributed by atoms with Crippen molar-refractivity contribution in [3.05, 3.63) is 52.8 Å². The summed E-state index contributed by atoms with van der Waals surface area (Å²) in [5, 5.41) is 0. The van der Waals surface area contributed by atoms with E-state index in [2.05, 4.69) is 20.9 Å². The van der Waals surface area contributed by atoms with Crippen LogP contribution in [0, 0.1) is 0 Å². The van der Waals surface area contributed by atoms with Crippen LogP contribution in [0.3, 0.4) is 0 Å². The van der Waals surface area contributed by atoms with Gasteiger partial charge in [0.15, 0.2) is 0 Å². The molecule has 20 heavy (non-hydrogen) atoms. The Morgan fingerprint density at radius 2 is 2.15 bits per heavy atom. The Bertz CT molecular complexity index is 598. The molecule has 0 radical (unpaired) electrons. The number of hydrogen-bond donors (Lipinski definition) is 1. The lowest BCUT2D eigenvalue weighted by molar-refractivity contribution is 0.0982.